The van der Waals surface area contributed by atoms with Gasteiger partial charge in [-0.2, -0.15) is 0 Å². The maximum Gasteiger partial charge on any atom is 0.0409 e. The highest BCUT2D eigenvalue weighted by Crippen LogP contribution is 2.20. The summed E-state index contributed by atoms with van der Waals surface area (Å²) in [6.45, 7) is 0. The molecule has 1 rings (SSSR count). The number of hydrogen-bond donors (Lipinski definition) is 1. The fourth-order valence-corrected chi connectivity index (χ4v) is 1.63. The van der Waals surface area contributed by atoms with E-state index in [4.69, 9.17) is 18.0 Å². The van der Waals surface area contributed by atoms with E-state index in [0.717, 1.165) is 17.9 Å². The highest BCUT2D eigenvalue weighted by molar-refractivity contribution is 6.30. The van der Waals surface area contributed by atoms with E-state index in [2.05, 4.69) is 17.3 Å². The van der Waals surface area contributed by atoms with Gasteiger partial charge >= 0.3 is 0 Å². The minimum Gasteiger partial charge on any atom is -0.313 e. The molecule has 0 heterocycles. The third-order valence-electron chi connectivity index (χ3n) is 2.18. The highest BCUT2D eigenvalue weighted by Gasteiger charge is 2.07. The summed E-state index contributed by atoms with van der Waals surface area (Å²) in [5.41, 5.74) is 1.19. The average molecular weight is 208 g/mol. The average Bonchev–Trinajstić information content (AvgIpc) is 2.19. The minimum atomic E-state index is 0.296. The van der Waals surface area contributed by atoms with Gasteiger partial charge in [-0.15, -0.1) is 12.3 Å². The van der Waals surface area contributed by atoms with Crippen LogP contribution in [0, 0.1) is 12.3 Å². The Kier molecular flexibility index (Phi) is 4.52. The van der Waals surface area contributed by atoms with Gasteiger partial charge < -0.3 is 5.32 Å². The number of hydrogen-bond acceptors (Lipinski definition) is 1. The van der Waals surface area contributed by atoms with Crippen LogP contribution in [0.1, 0.15) is 24.4 Å². The second kappa shape index (κ2) is 5.70. The normalized spacial score (nSPS) is 12.1. The summed E-state index contributed by atoms with van der Waals surface area (Å²) in [6.07, 6.45) is 6.95. The SMILES string of the molecule is C#CCCC(NC)c1cccc(Cl)c1. The summed E-state index contributed by atoms with van der Waals surface area (Å²) in [5.74, 6) is 2.64. The van der Waals surface area contributed by atoms with Gasteiger partial charge in [-0.3, -0.25) is 0 Å². The predicted molar refractivity (Wildman–Crippen MR) is 61.3 cm³/mol. The molecule has 1 atom stereocenters. The minimum absolute atomic E-state index is 0.296. The predicted octanol–water partition coefficient (Wildman–Crippen LogP) is 3.01. The van der Waals surface area contributed by atoms with Gasteiger partial charge in [0.25, 0.3) is 0 Å². The first kappa shape index (κ1) is 11.1. The Balaban J connectivity index is 2.74. The molecule has 74 valence electrons. The number of benzene rings is 1. The lowest BCUT2D eigenvalue weighted by Crippen LogP contribution is -2.15. The molecule has 1 aromatic rings. The number of nitrogens with one attached hydrogen (secondary N) is 1. The van der Waals surface area contributed by atoms with E-state index in [9.17, 15) is 0 Å². The van der Waals surface area contributed by atoms with Gasteiger partial charge in [0.05, 0.1) is 0 Å². The van der Waals surface area contributed by atoms with Gasteiger partial charge in [-0.05, 0) is 31.2 Å². The second-order valence-electron chi connectivity index (χ2n) is 3.14. The fourth-order valence-electron chi connectivity index (χ4n) is 1.43. The van der Waals surface area contributed by atoms with E-state index in [-0.39, 0.29) is 0 Å². The standard InChI is InChI=1S/C12H14ClN/c1-3-4-8-12(14-2)10-6-5-7-11(13)9-10/h1,5-7,9,12,14H,4,8H2,2H3. The van der Waals surface area contributed by atoms with Crippen molar-refractivity contribution in [2.45, 2.75) is 18.9 Å². The first-order valence-electron chi connectivity index (χ1n) is 4.64. The maximum absolute atomic E-state index is 5.91. The summed E-state index contributed by atoms with van der Waals surface area (Å²) in [5, 5.41) is 3.99. The summed E-state index contributed by atoms with van der Waals surface area (Å²) in [7, 11) is 1.93. The molecule has 0 aliphatic rings. The number of terminal acetylenes is 1. The summed E-state index contributed by atoms with van der Waals surface area (Å²) in [4.78, 5) is 0. The van der Waals surface area contributed by atoms with Crippen molar-refractivity contribution in [3.05, 3.63) is 34.9 Å². The summed E-state index contributed by atoms with van der Waals surface area (Å²) >= 11 is 5.91. The first-order chi connectivity index (χ1) is 6.77. The number of halogens is 1. The lowest BCUT2D eigenvalue weighted by atomic mass is 10.0. The van der Waals surface area contributed by atoms with Crippen LogP contribution >= 0.6 is 11.6 Å². The molecule has 0 aliphatic heterocycles. The molecule has 0 spiro atoms. The molecule has 0 bridgehead atoms. The van der Waals surface area contributed by atoms with Crippen LogP contribution in [0.3, 0.4) is 0 Å². The zero-order valence-corrected chi connectivity index (χ0v) is 9.01. The monoisotopic (exact) mass is 207 g/mol. The zero-order chi connectivity index (χ0) is 10.4. The van der Waals surface area contributed by atoms with E-state index in [1.807, 2.05) is 25.2 Å². The van der Waals surface area contributed by atoms with Crippen molar-refractivity contribution in [1.29, 1.82) is 0 Å². The van der Waals surface area contributed by atoms with Crippen molar-refractivity contribution in [2.75, 3.05) is 7.05 Å². The Bertz CT molecular complexity index is 327. The largest absolute Gasteiger partial charge is 0.313 e. The van der Waals surface area contributed by atoms with E-state index >= 15 is 0 Å². The zero-order valence-electron chi connectivity index (χ0n) is 8.26. The molecule has 0 saturated carbocycles. The van der Waals surface area contributed by atoms with Gasteiger partial charge in [-0.1, -0.05) is 23.7 Å². The Morgan fingerprint density at radius 1 is 1.57 bits per heavy atom. The quantitative estimate of drug-likeness (QED) is 0.749. The van der Waals surface area contributed by atoms with Crippen molar-refractivity contribution < 1.29 is 0 Å². The number of rotatable bonds is 4. The van der Waals surface area contributed by atoms with Crippen LogP contribution in [-0.2, 0) is 0 Å². The molecule has 0 aliphatic carbocycles. The van der Waals surface area contributed by atoms with Crippen LogP contribution in [-0.4, -0.2) is 7.05 Å². The molecular formula is C12H14ClN. The Hall–Kier alpha value is -0.970. The Morgan fingerprint density at radius 2 is 2.36 bits per heavy atom. The molecule has 0 amide bonds. The molecule has 0 fully saturated rings. The van der Waals surface area contributed by atoms with Crippen LogP contribution < -0.4 is 5.32 Å². The molecule has 1 aromatic carbocycles. The molecule has 14 heavy (non-hydrogen) atoms. The lowest BCUT2D eigenvalue weighted by molar-refractivity contribution is 0.558. The Labute approximate surface area is 90.5 Å². The van der Waals surface area contributed by atoms with Crippen LogP contribution in [0.15, 0.2) is 24.3 Å². The molecule has 1 unspecified atom stereocenters. The molecular weight excluding hydrogens is 194 g/mol. The van der Waals surface area contributed by atoms with Crippen LogP contribution in [0.5, 0.6) is 0 Å². The smallest absolute Gasteiger partial charge is 0.0409 e. The van der Waals surface area contributed by atoms with Gasteiger partial charge in [0.1, 0.15) is 0 Å². The molecule has 0 saturated heterocycles. The molecule has 1 N–H and O–H groups in total. The van der Waals surface area contributed by atoms with E-state index in [0.29, 0.717) is 6.04 Å². The maximum atomic E-state index is 5.91. The molecule has 0 aromatic heterocycles. The lowest BCUT2D eigenvalue weighted by Gasteiger charge is -2.15. The van der Waals surface area contributed by atoms with Gasteiger partial charge in [0.2, 0.25) is 0 Å². The van der Waals surface area contributed by atoms with E-state index < -0.39 is 0 Å². The van der Waals surface area contributed by atoms with Crippen molar-refractivity contribution in [3.8, 4) is 12.3 Å². The molecule has 2 heteroatoms. The van der Waals surface area contributed by atoms with Gasteiger partial charge in [0, 0.05) is 17.5 Å². The van der Waals surface area contributed by atoms with Crippen molar-refractivity contribution in [3.63, 3.8) is 0 Å². The molecule has 1 nitrogen and oxygen atoms in total. The van der Waals surface area contributed by atoms with Gasteiger partial charge in [0.15, 0.2) is 0 Å². The second-order valence-corrected chi connectivity index (χ2v) is 3.58. The summed E-state index contributed by atoms with van der Waals surface area (Å²) in [6, 6.07) is 8.16. The third-order valence-corrected chi connectivity index (χ3v) is 2.41. The van der Waals surface area contributed by atoms with Crippen molar-refractivity contribution in [2.24, 2.45) is 0 Å². The first-order valence-corrected chi connectivity index (χ1v) is 5.02. The van der Waals surface area contributed by atoms with E-state index in [1.165, 1.54) is 5.56 Å². The third kappa shape index (κ3) is 3.06. The Morgan fingerprint density at radius 3 is 2.93 bits per heavy atom. The van der Waals surface area contributed by atoms with Gasteiger partial charge in [-0.25, -0.2) is 0 Å². The fraction of sp³-hybridized carbons (Fsp3) is 0.333. The molecule has 0 radical (unpaired) electrons. The summed E-state index contributed by atoms with van der Waals surface area (Å²) < 4.78 is 0. The highest BCUT2D eigenvalue weighted by atomic mass is 35.5. The van der Waals surface area contributed by atoms with E-state index in [1.54, 1.807) is 0 Å². The van der Waals surface area contributed by atoms with Crippen LogP contribution in [0.25, 0.3) is 0 Å². The van der Waals surface area contributed by atoms with Crippen molar-refractivity contribution >= 4 is 11.6 Å². The topological polar surface area (TPSA) is 12.0 Å². The van der Waals surface area contributed by atoms with Crippen molar-refractivity contribution in [1.82, 2.24) is 5.32 Å². The van der Waals surface area contributed by atoms with Crippen LogP contribution in [0.4, 0.5) is 0 Å². The van der Waals surface area contributed by atoms with Crippen LogP contribution in [0.2, 0.25) is 5.02 Å².